The summed E-state index contributed by atoms with van der Waals surface area (Å²) in [7, 11) is 0. The quantitative estimate of drug-likeness (QED) is 0.831. The zero-order chi connectivity index (χ0) is 12.8. The molecule has 5 heteroatoms. The number of pyridine rings is 2. The zero-order valence-corrected chi connectivity index (χ0v) is 9.72. The highest BCUT2D eigenvalue weighted by Gasteiger charge is 2.04. The van der Waals surface area contributed by atoms with E-state index in [4.69, 9.17) is 0 Å². The van der Waals surface area contributed by atoms with Gasteiger partial charge in [0.1, 0.15) is 0 Å². The Bertz CT molecular complexity index is 558. The molecule has 0 bridgehead atoms. The van der Waals surface area contributed by atoms with Crippen molar-refractivity contribution in [3.63, 3.8) is 0 Å². The van der Waals surface area contributed by atoms with E-state index < -0.39 is 0 Å². The lowest BCUT2D eigenvalue weighted by Crippen LogP contribution is -2.26. The van der Waals surface area contributed by atoms with E-state index in [1.807, 2.05) is 18.2 Å². The first-order chi connectivity index (χ1) is 8.75. The third-order valence-corrected chi connectivity index (χ3v) is 2.44. The monoisotopic (exact) mass is 243 g/mol. The molecule has 0 unspecified atom stereocenters. The van der Waals surface area contributed by atoms with Gasteiger partial charge in [-0.3, -0.25) is 14.6 Å². The maximum absolute atomic E-state index is 11.7. The molecular weight excluding hydrogens is 230 g/mol. The van der Waals surface area contributed by atoms with E-state index in [1.54, 1.807) is 6.20 Å². The summed E-state index contributed by atoms with van der Waals surface area (Å²) in [6, 6.07) is 8.49. The van der Waals surface area contributed by atoms with E-state index in [0.717, 1.165) is 5.69 Å². The predicted molar refractivity (Wildman–Crippen MR) is 67.3 cm³/mol. The normalized spacial score (nSPS) is 10.0. The van der Waals surface area contributed by atoms with Gasteiger partial charge in [-0.05, 0) is 18.2 Å². The molecule has 2 heterocycles. The molecule has 0 aliphatic carbocycles. The van der Waals surface area contributed by atoms with Gasteiger partial charge < -0.3 is 10.3 Å². The number of hydrogen-bond donors (Lipinski definition) is 2. The second kappa shape index (κ2) is 5.77. The number of aromatic amines is 1. The molecule has 5 nitrogen and oxygen atoms in total. The van der Waals surface area contributed by atoms with E-state index >= 15 is 0 Å². The van der Waals surface area contributed by atoms with Gasteiger partial charge in [0.2, 0.25) is 5.56 Å². The van der Waals surface area contributed by atoms with Gasteiger partial charge in [-0.25, -0.2) is 0 Å². The molecule has 18 heavy (non-hydrogen) atoms. The van der Waals surface area contributed by atoms with Crippen molar-refractivity contribution in [2.24, 2.45) is 0 Å². The molecule has 0 saturated heterocycles. The number of nitrogens with zero attached hydrogens (tertiary/aromatic N) is 1. The number of nitrogens with one attached hydrogen (secondary N) is 2. The average Bonchev–Trinajstić information content (AvgIpc) is 2.40. The zero-order valence-electron chi connectivity index (χ0n) is 9.72. The van der Waals surface area contributed by atoms with Crippen molar-refractivity contribution >= 4 is 5.91 Å². The van der Waals surface area contributed by atoms with Crippen molar-refractivity contribution in [2.45, 2.75) is 6.42 Å². The van der Waals surface area contributed by atoms with Crippen LogP contribution in [0.4, 0.5) is 0 Å². The van der Waals surface area contributed by atoms with Gasteiger partial charge >= 0.3 is 0 Å². The predicted octanol–water partition coefficient (Wildman–Crippen LogP) is 0.742. The summed E-state index contributed by atoms with van der Waals surface area (Å²) in [5.41, 5.74) is 1.15. The summed E-state index contributed by atoms with van der Waals surface area (Å²) >= 11 is 0. The molecule has 2 aromatic rings. The molecule has 92 valence electrons. The van der Waals surface area contributed by atoms with Crippen molar-refractivity contribution in [3.05, 3.63) is 64.3 Å². The van der Waals surface area contributed by atoms with Gasteiger partial charge in [0.15, 0.2) is 0 Å². The van der Waals surface area contributed by atoms with Gasteiger partial charge in [0.05, 0.1) is 5.56 Å². The van der Waals surface area contributed by atoms with E-state index in [-0.39, 0.29) is 11.5 Å². The molecule has 2 N–H and O–H groups in total. The van der Waals surface area contributed by atoms with Crippen LogP contribution < -0.4 is 10.9 Å². The Balaban J connectivity index is 1.85. The van der Waals surface area contributed by atoms with Gasteiger partial charge in [-0.1, -0.05) is 6.07 Å². The highest BCUT2D eigenvalue weighted by Crippen LogP contribution is 1.95. The number of carbonyl (C=O) groups is 1. The molecule has 2 aromatic heterocycles. The number of H-pyrrole nitrogens is 1. The molecule has 0 fully saturated rings. The smallest absolute Gasteiger partial charge is 0.252 e. The Kier molecular flexibility index (Phi) is 3.86. The maximum atomic E-state index is 11.7. The topological polar surface area (TPSA) is 74.8 Å². The van der Waals surface area contributed by atoms with Crippen molar-refractivity contribution in [1.82, 2.24) is 15.3 Å². The Morgan fingerprint density at radius 1 is 1.28 bits per heavy atom. The van der Waals surface area contributed by atoms with Crippen LogP contribution in [0.3, 0.4) is 0 Å². The Morgan fingerprint density at radius 2 is 2.17 bits per heavy atom. The molecular formula is C13H13N3O2. The van der Waals surface area contributed by atoms with Crippen LogP contribution in [0.15, 0.2) is 47.5 Å². The SMILES string of the molecule is O=C(NCCc1ccccn1)c1ccc(=O)[nH]c1. The number of hydrogen-bond acceptors (Lipinski definition) is 3. The first-order valence-corrected chi connectivity index (χ1v) is 5.62. The third kappa shape index (κ3) is 3.28. The molecule has 0 saturated carbocycles. The number of rotatable bonds is 4. The van der Waals surface area contributed by atoms with E-state index in [9.17, 15) is 9.59 Å². The van der Waals surface area contributed by atoms with Gasteiger partial charge in [0, 0.05) is 37.1 Å². The molecule has 0 aromatic carbocycles. The summed E-state index contributed by atoms with van der Waals surface area (Å²) in [4.78, 5) is 29.2. The molecule has 2 rings (SSSR count). The first-order valence-electron chi connectivity index (χ1n) is 5.62. The number of carbonyl (C=O) groups excluding carboxylic acids is 1. The van der Waals surface area contributed by atoms with E-state index in [2.05, 4.69) is 15.3 Å². The van der Waals surface area contributed by atoms with Crippen LogP contribution in [0.25, 0.3) is 0 Å². The van der Waals surface area contributed by atoms with Crippen LogP contribution in [0.2, 0.25) is 0 Å². The second-order valence-electron chi connectivity index (χ2n) is 3.77. The van der Waals surface area contributed by atoms with E-state index in [0.29, 0.717) is 18.5 Å². The molecule has 0 spiro atoms. The molecule has 1 amide bonds. The maximum Gasteiger partial charge on any atom is 0.252 e. The minimum absolute atomic E-state index is 0.206. The molecule has 0 atom stereocenters. The summed E-state index contributed by atoms with van der Waals surface area (Å²) in [5.74, 6) is -0.206. The van der Waals surface area contributed by atoms with Crippen molar-refractivity contribution in [3.8, 4) is 0 Å². The lowest BCUT2D eigenvalue weighted by molar-refractivity contribution is 0.0953. The average molecular weight is 243 g/mol. The molecule has 0 radical (unpaired) electrons. The fraction of sp³-hybridized carbons (Fsp3) is 0.154. The largest absolute Gasteiger partial charge is 0.352 e. The summed E-state index contributed by atoms with van der Waals surface area (Å²) in [5, 5.41) is 2.77. The van der Waals surface area contributed by atoms with Gasteiger partial charge in [-0.2, -0.15) is 0 Å². The van der Waals surface area contributed by atoms with E-state index in [1.165, 1.54) is 18.3 Å². The molecule has 0 aliphatic rings. The standard InChI is InChI=1S/C13H13N3O2/c17-12-5-4-10(9-16-12)13(18)15-8-6-11-3-1-2-7-14-11/h1-5,7,9H,6,8H2,(H,15,18)(H,16,17). The minimum Gasteiger partial charge on any atom is -0.352 e. The Labute approximate surface area is 104 Å². The lowest BCUT2D eigenvalue weighted by atomic mass is 10.2. The Morgan fingerprint density at radius 3 is 2.83 bits per heavy atom. The van der Waals surface area contributed by atoms with Crippen molar-refractivity contribution in [1.29, 1.82) is 0 Å². The number of aromatic nitrogens is 2. The van der Waals surface area contributed by atoms with Crippen LogP contribution in [0, 0.1) is 0 Å². The summed E-state index contributed by atoms with van der Waals surface area (Å²) in [6.45, 7) is 0.509. The van der Waals surface area contributed by atoms with Crippen LogP contribution in [-0.4, -0.2) is 22.4 Å². The van der Waals surface area contributed by atoms with Crippen LogP contribution in [0.1, 0.15) is 16.1 Å². The fourth-order valence-electron chi connectivity index (χ4n) is 1.50. The number of amides is 1. The fourth-order valence-corrected chi connectivity index (χ4v) is 1.50. The highest BCUT2D eigenvalue weighted by molar-refractivity contribution is 5.93. The van der Waals surface area contributed by atoms with Crippen LogP contribution >= 0.6 is 0 Å². The second-order valence-corrected chi connectivity index (χ2v) is 3.77. The Hall–Kier alpha value is -2.43. The third-order valence-electron chi connectivity index (χ3n) is 2.44. The highest BCUT2D eigenvalue weighted by atomic mass is 16.1. The van der Waals surface area contributed by atoms with Crippen molar-refractivity contribution in [2.75, 3.05) is 6.54 Å². The van der Waals surface area contributed by atoms with Crippen molar-refractivity contribution < 1.29 is 4.79 Å². The van der Waals surface area contributed by atoms with Gasteiger partial charge in [-0.15, -0.1) is 0 Å². The van der Waals surface area contributed by atoms with Gasteiger partial charge in [0.25, 0.3) is 5.91 Å². The minimum atomic E-state index is -0.222. The van der Waals surface area contributed by atoms with Crippen LogP contribution in [-0.2, 0) is 6.42 Å². The summed E-state index contributed by atoms with van der Waals surface area (Å²) in [6.07, 6.45) is 3.80. The first kappa shape index (κ1) is 12.0. The molecule has 0 aliphatic heterocycles. The summed E-state index contributed by atoms with van der Waals surface area (Å²) < 4.78 is 0. The van der Waals surface area contributed by atoms with Crippen LogP contribution in [0.5, 0.6) is 0 Å². The lowest BCUT2D eigenvalue weighted by Gasteiger charge is -2.04.